The highest BCUT2D eigenvalue weighted by Crippen LogP contribution is 2.46. The minimum atomic E-state index is 0.238. The van der Waals surface area contributed by atoms with Crippen molar-refractivity contribution in [2.24, 2.45) is 0 Å². The fourth-order valence-corrected chi connectivity index (χ4v) is 2.30. The number of ether oxygens (including phenoxy) is 2. The molecule has 3 rings (SSSR count). The molecule has 2 heterocycles. The summed E-state index contributed by atoms with van der Waals surface area (Å²) in [7, 11) is 0. The van der Waals surface area contributed by atoms with Crippen molar-refractivity contribution in [3.8, 4) is 22.8 Å². The van der Waals surface area contributed by atoms with E-state index in [2.05, 4.69) is 26.1 Å². The second kappa shape index (κ2) is 3.66. The summed E-state index contributed by atoms with van der Waals surface area (Å²) in [6.07, 6.45) is 0. The van der Waals surface area contributed by atoms with Gasteiger partial charge in [-0.15, -0.1) is 0 Å². The number of fused-ring (bicyclic) bond motifs is 1. The highest BCUT2D eigenvalue weighted by Gasteiger charge is 2.23. The van der Waals surface area contributed by atoms with Crippen LogP contribution in [0.1, 0.15) is 5.56 Å². The van der Waals surface area contributed by atoms with Crippen LogP contribution in [0.5, 0.6) is 11.5 Å². The molecule has 0 radical (unpaired) electrons. The van der Waals surface area contributed by atoms with Gasteiger partial charge in [0.15, 0.2) is 11.5 Å². The van der Waals surface area contributed by atoms with E-state index in [4.69, 9.17) is 15.2 Å². The van der Waals surface area contributed by atoms with E-state index < -0.39 is 0 Å². The van der Waals surface area contributed by atoms with Crippen molar-refractivity contribution < 1.29 is 9.47 Å². The number of nitrogens with zero attached hydrogens (tertiary/aromatic N) is 1. The zero-order valence-electron chi connectivity index (χ0n) is 9.08. The smallest absolute Gasteiger partial charge is 0.231 e. The molecule has 0 unspecified atom stereocenters. The summed E-state index contributed by atoms with van der Waals surface area (Å²) in [6.45, 7) is 2.24. The Kier molecular flexibility index (Phi) is 2.25. The number of hydrogen-bond donors (Lipinski definition) is 2. The highest BCUT2D eigenvalue weighted by molar-refractivity contribution is 9.10. The lowest BCUT2D eigenvalue weighted by atomic mass is 10.0. The van der Waals surface area contributed by atoms with Gasteiger partial charge in [0.1, 0.15) is 5.82 Å². The molecular formula is C11H10BrN3O2. The Morgan fingerprint density at radius 1 is 1.41 bits per heavy atom. The minimum Gasteiger partial charge on any atom is -0.454 e. The van der Waals surface area contributed by atoms with Crippen LogP contribution in [-0.2, 0) is 0 Å². The van der Waals surface area contributed by atoms with Crippen molar-refractivity contribution in [3.63, 3.8) is 0 Å². The molecule has 0 bridgehead atoms. The van der Waals surface area contributed by atoms with Crippen LogP contribution in [0, 0.1) is 6.92 Å². The van der Waals surface area contributed by atoms with Crippen molar-refractivity contribution in [3.05, 3.63) is 22.2 Å². The number of aromatic amines is 1. The van der Waals surface area contributed by atoms with Crippen LogP contribution in [-0.4, -0.2) is 17.0 Å². The summed E-state index contributed by atoms with van der Waals surface area (Å²) >= 11 is 3.50. The summed E-state index contributed by atoms with van der Waals surface area (Å²) in [5, 5.41) is 6.82. The van der Waals surface area contributed by atoms with Gasteiger partial charge < -0.3 is 15.2 Å². The fraction of sp³-hybridized carbons (Fsp3) is 0.182. The maximum absolute atomic E-state index is 5.62. The van der Waals surface area contributed by atoms with Crippen molar-refractivity contribution >= 4 is 21.7 Å². The molecule has 1 aliphatic heterocycles. The lowest BCUT2D eigenvalue weighted by molar-refractivity contribution is 0.174. The van der Waals surface area contributed by atoms with Crippen LogP contribution in [0.15, 0.2) is 16.6 Å². The molecule has 0 saturated carbocycles. The third-order valence-electron chi connectivity index (χ3n) is 2.73. The first-order valence-corrected chi connectivity index (χ1v) is 5.86. The number of aromatic nitrogens is 2. The number of hydrogen-bond acceptors (Lipinski definition) is 4. The van der Waals surface area contributed by atoms with Crippen LogP contribution in [0.4, 0.5) is 5.82 Å². The van der Waals surface area contributed by atoms with Crippen LogP contribution < -0.4 is 15.2 Å². The van der Waals surface area contributed by atoms with Gasteiger partial charge in [0, 0.05) is 16.1 Å². The zero-order valence-corrected chi connectivity index (χ0v) is 10.7. The molecule has 0 saturated heterocycles. The summed E-state index contributed by atoms with van der Waals surface area (Å²) < 4.78 is 11.8. The van der Waals surface area contributed by atoms with E-state index in [-0.39, 0.29) is 6.79 Å². The van der Waals surface area contributed by atoms with Crippen LogP contribution in [0.2, 0.25) is 0 Å². The van der Waals surface area contributed by atoms with E-state index in [1.165, 1.54) is 0 Å². The number of rotatable bonds is 1. The molecule has 0 aliphatic carbocycles. The largest absolute Gasteiger partial charge is 0.454 e. The second-order valence-corrected chi connectivity index (χ2v) is 4.65. The molecule has 1 aromatic carbocycles. The van der Waals surface area contributed by atoms with Gasteiger partial charge in [0.25, 0.3) is 0 Å². The van der Waals surface area contributed by atoms with Gasteiger partial charge in [-0.05, 0) is 18.6 Å². The molecule has 3 N–H and O–H groups in total. The number of anilines is 1. The molecule has 17 heavy (non-hydrogen) atoms. The Balaban J connectivity index is 2.28. The van der Waals surface area contributed by atoms with E-state index in [9.17, 15) is 0 Å². The van der Waals surface area contributed by atoms with E-state index in [0.717, 1.165) is 32.8 Å². The molecule has 0 spiro atoms. The SMILES string of the molecule is Cc1c(Br)cc2c(c1-c1cc(N)n[nH]1)OCO2. The van der Waals surface area contributed by atoms with Crippen molar-refractivity contribution in [2.75, 3.05) is 12.5 Å². The van der Waals surface area contributed by atoms with Crippen LogP contribution in [0.3, 0.4) is 0 Å². The molecule has 5 nitrogen and oxygen atoms in total. The summed E-state index contributed by atoms with van der Waals surface area (Å²) in [5.41, 5.74) is 8.43. The Bertz CT molecular complexity index is 595. The lowest BCUT2D eigenvalue weighted by Gasteiger charge is -2.09. The standard InChI is InChI=1S/C11H10BrN3O2/c1-5-6(12)2-8-11(17-4-16-8)10(5)7-3-9(13)15-14-7/h2-3H,4H2,1H3,(H3,13,14,15). The normalized spacial score (nSPS) is 13.1. The van der Waals surface area contributed by atoms with Gasteiger partial charge >= 0.3 is 0 Å². The Morgan fingerprint density at radius 3 is 2.94 bits per heavy atom. The van der Waals surface area contributed by atoms with Crippen LogP contribution in [0.25, 0.3) is 11.3 Å². The number of nitrogens with two attached hydrogens (primary N) is 1. The zero-order chi connectivity index (χ0) is 12.0. The third-order valence-corrected chi connectivity index (χ3v) is 3.55. The maximum atomic E-state index is 5.62. The molecule has 0 atom stereocenters. The van der Waals surface area contributed by atoms with Crippen molar-refractivity contribution in [1.29, 1.82) is 0 Å². The fourth-order valence-electron chi connectivity index (χ4n) is 1.89. The second-order valence-electron chi connectivity index (χ2n) is 3.80. The molecule has 88 valence electrons. The van der Waals surface area contributed by atoms with E-state index >= 15 is 0 Å². The number of halogens is 1. The highest BCUT2D eigenvalue weighted by atomic mass is 79.9. The number of benzene rings is 1. The van der Waals surface area contributed by atoms with E-state index in [1.807, 2.05) is 13.0 Å². The van der Waals surface area contributed by atoms with Crippen molar-refractivity contribution in [1.82, 2.24) is 10.2 Å². The quantitative estimate of drug-likeness (QED) is 0.848. The Morgan fingerprint density at radius 2 is 2.24 bits per heavy atom. The first-order valence-electron chi connectivity index (χ1n) is 5.07. The van der Waals surface area contributed by atoms with E-state index in [1.54, 1.807) is 6.07 Å². The molecule has 1 aliphatic rings. The van der Waals surface area contributed by atoms with Gasteiger partial charge in [-0.2, -0.15) is 5.10 Å². The summed E-state index contributed by atoms with van der Waals surface area (Å²) in [4.78, 5) is 0. The predicted octanol–water partition coefficient (Wildman–Crippen LogP) is 2.46. The van der Waals surface area contributed by atoms with Crippen molar-refractivity contribution in [2.45, 2.75) is 6.92 Å². The van der Waals surface area contributed by atoms with E-state index in [0.29, 0.717) is 5.82 Å². The maximum Gasteiger partial charge on any atom is 0.231 e. The minimum absolute atomic E-state index is 0.238. The third kappa shape index (κ3) is 1.56. The summed E-state index contributed by atoms with van der Waals surface area (Å²) in [5.74, 6) is 1.91. The predicted molar refractivity (Wildman–Crippen MR) is 67.0 cm³/mol. The first kappa shape index (κ1) is 10.5. The lowest BCUT2D eigenvalue weighted by Crippen LogP contribution is -1.94. The molecule has 6 heteroatoms. The average molecular weight is 296 g/mol. The van der Waals surface area contributed by atoms with Crippen LogP contribution >= 0.6 is 15.9 Å². The van der Waals surface area contributed by atoms with Gasteiger partial charge in [-0.1, -0.05) is 15.9 Å². The molecular weight excluding hydrogens is 286 g/mol. The van der Waals surface area contributed by atoms with Gasteiger partial charge in [0.2, 0.25) is 6.79 Å². The molecule has 0 amide bonds. The molecule has 0 fully saturated rings. The van der Waals surface area contributed by atoms with Gasteiger partial charge in [0.05, 0.1) is 5.69 Å². The monoisotopic (exact) mass is 295 g/mol. The Labute approximate surface area is 106 Å². The summed E-state index contributed by atoms with van der Waals surface area (Å²) in [6, 6.07) is 3.68. The number of H-pyrrole nitrogens is 1. The number of nitrogens with one attached hydrogen (secondary N) is 1. The molecule has 1 aromatic heterocycles. The topological polar surface area (TPSA) is 73.2 Å². The van der Waals surface area contributed by atoms with Gasteiger partial charge in [-0.3, -0.25) is 5.10 Å². The first-order chi connectivity index (χ1) is 8.16. The van der Waals surface area contributed by atoms with Gasteiger partial charge in [-0.25, -0.2) is 0 Å². The number of nitrogen functional groups attached to an aromatic ring is 1. The Hall–Kier alpha value is -1.69. The molecule has 2 aromatic rings. The average Bonchev–Trinajstić information content (AvgIpc) is 2.89.